The number of esters is 1. The zero-order valence-corrected chi connectivity index (χ0v) is 17.5. The number of anilines is 1. The summed E-state index contributed by atoms with van der Waals surface area (Å²) >= 11 is 1.45. The summed E-state index contributed by atoms with van der Waals surface area (Å²) in [4.78, 5) is 40.8. The van der Waals surface area contributed by atoms with Crippen LogP contribution in [0.2, 0.25) is 0 Å². The van der Waals surface area contributed by atoms with Crippen molar-refractivity contribution in [1.29, 1.82) is 0 Å². The van der Waals surface area contributed by atoms with Gasteiger partial charge in [-0.3, -0.25) is 14.4 Å². The number of ether oxygens (including phenoxy) is 1. The van der Waals surface area contributed by atoms with Crippen LogP contribution in [0, 0.1) is 0 Å². The first-order chi connectivity index (χ1) is 15.1. The van der Waals surface area contributed by atoms with Gasteiger partial charge in [-0.1, -0.05) is 36.4 Å². The van der Waals surface area contributed by atoms with Gasteiger partial charge in [-0.25, -0.2) is 4.98 Å². The molecule has 0 aliphatic heterocycles. The van der Waals surface area contributed by atoms with E-state index >= 15 is 0 Å². The predicted octanol–water partition coefficient (Wildman–Crippen LogP) is 3.43. The van der Waals surface area contributed by atoms with Crippen LogP contribution in [-0.4, -0.2) is 35.4 Å². The molecule has 8 heteroatoms. The summed E-state index contributed by atoms with van der Waals surface area (Å²) in [7, 11) is 0. The van der Waals surface area contributed by atoms with Crippen LogP contribution in [-0.2, 0) is 20.7 Å². The van der Waals surface area contributed by atoms with Gasteiger partial charge in [0.25, 0.3) is 11.8 Å². The second kappa shape index (κ2) is 9.53. The van der Waals surface area contributed by atoms with Gasteiger partial charge in [-0.05, 0) is 31.0 Å². The molecule has 4 rings (SSSR count). The molecule has 0 saturated heterocycles. The normalized spacial score (nSPS) is 12.8. The average Bonchev–Trinajstić information content (AvgIpc) is 3.47. The Morgan fingerprint density at radius 2 is 1.87 bits per heavy atom. The van der Waals surface area contributed by atoms with E-state index in [1.165, 1.54) is 11.3 Å². The van der Waals surface area contributed by atoms with Crippen LogP contribution in [0.5, 0.6) is 0 Å². The number of hydrogen-bond acceptors (Lipinski definition) is 6. The summed E-state index contributed by atoms with van der Waals surface area (Å²) in [5, 5.41) is 8.17. The van der Waals surface area contributed by atoms with Crippen LogP contribution in [0.4, 0.5) is 5.69 Å². The second-order valence-electron chi connectivity index (χ2n) is 7.22. The number of carbonyl (C=O) groups is 3. The summed E-state index contributed by atoms with van der Waals surface area (Å²) in [5.74, 6) is -1.17. The summed E-state index contributed by atoms with van der Waals surface area (Å²) in [6, 6.07) is 16.6. The summed E-state index contributed by atoms with van der Waals surface area (Å²) < 4.78 is 5.07. The van der Waals surface area contributed by atoms with Crippen molar-refractivity contribution in [2.45, 2.75) is 25.3 Å². The number of carbonyl (C=O) groups excluding carboxylic acids is 3. The Kier molecular flexibility index (Phi) is 6.37. The third-order valence-electron chi connectivity index (χ3n) is 4.58. The minimum atomic E-state index is -0.530. The summed E-state index contributed by atoms with van der Waals surface area (Å²) in [6.07, 6.45) is 2.00. The first-order valence-corrected chi connectivity index (χ1v) is 10.8. The first kappa shape index (κ1) is 20.7. The molecule has 1 saturated carbocycles. The SMILES string of the molecule is O=C(COC(=O)Cc1csc(-c2ccccc2)n1)Nc1cccc(C(=O)NC2CC2)c1. The molecule has 7 nitrogen and oxygen atoms in total. The van der Waals surface area contributed by atoms with E-state index in [1.54, 1.807) is 24.3 Å². The molecule has 1 aromatic heterocycles. The molecule has 1 aliphatic carbocycles. The minimum absolute atomic E-state index is 0.00651. The fourth-order valence-electron chi connectivity index (χ4n) is 2.88. The van der Waals surface area contributed by atoms with Crippen molar-refractivity contribution in [1.82, 2.24) is 10.3 Å². The lowest BCUT2D eigenvalue weighted by atomic mass is 10.2. The number of rotatable bonds is 8. The maximum absolute atomic E-state index is 12.1. The Morgan fingerprint density at radius 3 is 2.65 bits per heavy atom. The van der Waals surface area contributed by atoms with Crippen LogP contribution in [0.3, 0.4) is 0 Å². The third kappa shape index (κ3) is 5.99. The van der Waals surface area contributed by atoms with E-state index in [1.807, 2.05) is 35.7 Å². The lowest BCUT2D eigenvalue weighted by molar-refractivity contribution is -0.146. The molecule has 2 N–H and O–H groups in total. The van der Waals surface area contributed by atoms with E-state index < -0.39 is 18.5 Å². The highest BCUT2D eigenvalue weighted by Gasteiger charge is 2.23. The van der Waals surface area contributed by atoms with Crippen LogP contribution >= 0.6 is 11.3 Å². The van der Waals surface area contributed by atoms with E-state index in [4.69, 9.17) is 4.74 Å². The predicted molar refractivity (Wildman–Crippen MR) is 118 cm³/mol. The van der Waals surface area contributed by atoms with Gasteiger partial charge in [0.05, 0.1) is 12.1 Å². The number of amides is 2. The zero-order valence-electron chi connectivity index (χ0n) is 16.7. The van der Waals surface area contributed by atoms with Gasteiger partial charge < -0.3 is 15.4 Å². The number of aromatic nitrogens is 1. The van der Waals surface area contributed by atoms with Gasteiger partial charge in [-0.2, -0.15) is 0 Å². The highest BCUT2D eigenvalue weighted by molar-refractivity contribution is 7.13. The monoisotopic (exact) mass is 435 g/mol. The molecule has 3 aromatic rings. The Labute approximate surface area is 183 Å². The van der Waals surface area contributed by atoms with E-state index in [9.17, 15) is 14.4 Å². The minimum Gasteiger partial charge on any atom is -0.455 e. The lowest BCUT2D eigenvalue weighted by Crippen LogP contribution is -2.25. The van der Waals surface area contributed by atoms with Crippen molar-refractivity contribution in [3.05, 3.63) is 71.2 Å². The van der Waals surface area contributed by atoms with Gasteiger partial charge in [-0.15, -0.1) is 11.3 Å². The lowest BCUT2D eigenvalue weighted by Gasteiger charge is -2.08. The quantitative estimate of drug-likeness (QED) is 0.529. The number of thiazole rings is 1. The van der Waals surface area contributed by atoms with Crippen LogP contribution in [0.25, 0.3) is 10.6 Å². The smallest absolute Gasteiger partial charge is 0.312 e. The van der Waals surface area contributed by atoms with Crippen molar-refractivity contribution in [2.75, 3.05) is 11.9 Å². The van der Waals surface area contributed by atoms with E-state index in [2.05, 4.69) is 15.6 Å². The van der Waals surface area contributed by atoms with Crippen molar-refractivity contribution in [3.8, 4) is 10.6 Å². The highest BCUT2D eigenvalue weighted by Crippen LogP contribution is 2.23. The topological polar surface area (TPSA) is 97.4 Å². The zero-order chi connectivity index (χ0) is 21.6. The number of benzene rings is 2. The van der Waals surface area contributed by atoms with Gasteiger partial charge in [0, 0.05) is 28.2 Å². The maximum atomic E-state index is 12.1. The van der Waals surface area contributed by atoms with Gasteiger partial charge in [0.15, 0.2) is 6.61 Å². The van der Waals surface area contributed by atoms with Gasteiger partial charge in [0.2, 0.25) is 0 Å². The summed E-state index contributed by atoms with van der Waals surface area (Å²) in [5.41, 5.74) is 2.53. The fraction of sp³-hybridized carbons (Fsp3) is 0.217. The molecule has 0 unspecified atom stereocenters. The molecule has 0 radical (unpaired) electrons. The molecule has 0 bridgehead atoms. The van der Waals surface area contributed by atoms with Gasteiger partial charge in [0.1, 0.15) is 5.01 Å². The Bertz CT molecular complexity index is 1090. The second-order valence-corrected chi connectivity index (χ2v) is 8.08. The third-order valence-corrected chi connectivity index (χ3v) is 5.52. The molecule has 31 heavy (non-hydrogen) atoms. The van der Waals surface area contributed by atoms with Crippen molar-refractivity contribution >= 4 is 34.8 Å². The molecular weight excluding hydrogens is 414 g/mol. The van der Waals surface area contributed by atoms with Crippen LogP contribution < -0.4 is 10.6 Å². The van der Waals surface area contributed by atoms with Crippen LogP contribution in [0.1, 0.15) is 28.9 Å². The first-order valence-electron chi connectivity index (χ1n) is 9.93. The molecule has 1 aliphatic rings. The Hall–Kier alpha value is -3.52. The average molecular weight is 436 g/mol. The molecule has 0 atom stereocenters. The Morgan fingerprint density at radius 1 is 1.06 bits per heavy atom. The largest absolute Gasteiger partial charge is 0.455 e. The maximum Gasteiger partial charge on any atom is 0.312 e. The van der Waals surface area contributed by atoms with E-state index in [0.29, 0.717) is 16.9 Å². The van der Waals surface area contributed by atoms with E-state index in [-0.39, 0.29) is 18.4 Å². The molecule has 1 fully saturated rings. The van der Waals surface area contributed by atoms with Crippen LogP contribution in [0.15, 0.2) is 60.0 Å². The fourth-order valence-corrected chi connectivity index (χ4v) is 3.70. The molecule has 0 spiro atoms. The molecule has 2 amide bonds. The van der Waals surface area contributed by atoms with Crippen molar-refractivity contribution < 1.29 is 19.1 Å². The molecular formula is C23H21N3O4S. The summed E-state index contributed by atoms with van der Waals surface area (Å²) in [6.45, 7) is -0.410. The highest BCUT2D eigenvalue weighted by atomic mass is 32.1. The molecule has 1 heterocycles. The van der Waals surface area contributed by atoms with Crippen molar-refractivity contribution in [3.63, 3.8) is 0 Å². The molecule has 158 valence electrons. The van der Waals surface area contributed by atoms with Gasteiger partial charge >= 0.3 is 5.97 Å². The molecule has 2 aromatic carbocycles. The number of nitrogens with one attached hydrogen (secondary N) is 2. The standard InChI is InChI=1S/C23H21N3O4S/c27-20(24-18-8-4-7-16(11-18)22(29)25-17-9-10-17)13-30-21(28)12-19-14-31-23(26-19)15-5-2-1-3-6-15/h1-8,11,14,17H,9-10,12-13H2,(H,24,27)(H,25,29). The number of nitrogens with zero attached hydrogens (tertiary/aromatic N) is 1. The number of hydrogen-bond donors (Lipinski definition) is 2. The van der Waals surface area contributed by atoms with E-state index in [0.717, 1.165) is 23.4 Å². The Balaban J connectivity index is 1.25. The van der Waals surface area contributed by atoms with Crippen molar-refractivity contribution in [2.24, 2.45) is 0 Å².